The van der Waals surface area contributed by atoms with Crippen LogP contribution in [-0.4, -0.2) is 20.8 Å². The van der Waals surface area contributed by atoms with Gasteiger partial charge in [0.05, 0.1) is 20.3 Å². The Labute approximate surface area is 115 Å². The van der Waals surface area contributed by atoms with E-state index in [4.69, 9.17) is 9.47 Å². The van der Waals surface area contributed by atoms with Crippen molar-refractivity contribution < 1.29 is 9.47 Å². The van der Waals surface area contributed by atoms with Gasteiger partial charge in [-0.1, -0.05) is 13.8 Å². The first-order chi connectivity index (χ1) is 9.12. The summed E-state index contributed by atoms with van der Waals surface area (Å²) in [5, 5.41) is 12.6. The fourth-order valence-corrected chi connectivity index (χ4v) is 1.81. The number of ether oxygens (including phenoxy) is 2. The third-order valence-corrected chi connectivity index (χ3v) is 2.95. The summed E-state index contributed by atoms with van der Waals surface area (Å²) in [5.74, 6) is 2.03. The molecule has 19 heavy (non-hydrogen) atoms. The van der Waals surface area contributed by atoms with Crippen molar-refractivity contribution in [3.8, 4) is 17.6 Å². The third-order valence-electron chi connectivity index (χ3n) is 2.95. The smallest absolute Gasteiger partial charge is 0.125 e. The van der Waals surface area contributed by atoms with Crippen LogP contribution in [0.2, 0.25) is 0 Å². The molecular weight excluding hydrogens is 240 g/mol. The highest BCUT2D eigenvalue weighted by Gasteiger charge is 2.16. The Kier molecular flexibility index (Phi) is 6.17. The molecule has 1 aromatic carbocycles. The van der Waals surface area contributed by atoms with Gasteiger partial charge in [-0.05, 0) is 37.1 Å². The minimum Gasteiger partial charge on any atom is -0.497 e. The van der Waals surface area contributed by atoms with Gasteiger partial charge in [0.25, 0.3) is 0 Å². The van der Waals surface area contributed by atoms with E-state index in [-0.39, 0.29) is 6.04 Å². The minimum atomic E-state index is -0.385. The van der Waals surface area contributed by atoms with Crippen molar-refractivity contribution in [2.24, 2.45) is 5.92 Å². The molecule has 0 amide bonds. The highest BCUT2D eigenvalue weighted by molar-refractivity contribution is 5.44. The van der Waals surface area contributed by atoms with Crippen LogP contribution in [0.3, 0.4) is 0 Å². The number of nitriles is 1. The monoisotopic (exact) mass is 262 g/mol. The Morgan fingerprint density at radius 1 is 1.26 bits per heavy atom. The average Bonchev–Trinajstić information content (AvgIpc) is 2.42. The molecule has 0 aliphatic heterocycles. The molecule has 0 spiro atoms. The molecular formula is C15H22N2O2. The molecule has 0 aromatic heterocycles. The largest absolute Gasteiger partial charge is 0.497 e. The zero-order valence-corrected chi connectivity index (χ0v) is 12.1. The summed E-state index contributed by atoms with van der Waals surface area (Å²) in [7, 11) is 3.22. The van der Waals surface area contributed by atoms with E-state index in [1.807, 2.05) is 18.2 Å². The van der Waals surface area contributed by atoms with Crippen molar-refractivity contribution in [1.82, 2.24) is 5.32 Å². The van der Waals surface area contributed by atoms with E-state index >= 15 is 0 Å². The second-order valence-corrected chi connectivity index (χ2v) is 4.81. The SMILES string of the molecule is COc1ccc(OC)c(C(C#N)NCCC(C)C)c1. The van der Waals surface area contributed by atoms with Gasteiger partial charge in [0.1, 0.15) is 17.5 Å². The number of hydrogen-bond donors (Lipinski definition) is 1. The predicted octanol–water partition coefficient (Wildman–Crippen LogP) is 2.90. The predicted molar refractivity (Wildman–Crippen MR) is 75.4 cm³/mol. The molecule has 1 unspecified atom stereocenters. The lowest BCUT2D eigenvalue weighted by molar-refractivity contribution is 0.394. The summed E-state index contributed by atoms with van der Waals surface area (Å²) in [5.41, 5.74) is 0.813. The van der Waals surface area contributed by atoms with E-state index in [9.17, 15) is 5.26 Å². The van der Waals surface area contributed by atoms with Gasteiger partial charge in [0.15, 0.2) is 0 Å². The van der Waals surface area contributed by atoms with E-state index < -0.39 is 0 Å². The highest BCUT2D eigenvalue weighted by atomic mass is 16.5. The minimum absolute atomic E-state index is 0.385. The Morgan fingerprint density at radius 3 is 2.53 bits per heavy atom. The topological polar surface area (TPSA) is 54.3 Å². The third kappa shape index (κ3) is 4.46. The van der Waals surface area contributed by atoms with Crippen molar-refractivity contribution >= 4 is 0 Å². The molecule has 0 aliphatic rings. The summed E-state index contributed by atoms with van der Waals surface area (Å²) >= 11 is 0. The molecule has 0 saturated carbocycles. The molecule has 4 heteroatoms. The molecule has 1 N–H and O–H groups in total. The Bertz CT molecular complexity index is 438. The molecule has 0 bridgehead atoms. The molecule has 0 saturated heterocycles. The van der Waals surface area contributed by atoms with Gasteiger partial charge >= 0.3 is 0 Å². The van der Waals surface area contributed by atoms with Crippen molar-refractivity contribution in [2.45, 2.75) is 26.3 Å². The van der Waals surface area contributed by atoms with E-state index in [1.54, 1.807) is 14.2 Å². The molecule has 1 rings (SSSR count). The number of hydrogen-bond acceptors (Lipinski definition) is 4. The fourth-order valence-electron chi connectivity index (χ4n) is 1.81. The van der Waals surface area contributed by atoms with Crippen LogP contribution < -0.4 is 14.8 Å². The van der Waals surface area contributed by atoms with Gasteiger partial charge in [-0.15, -0.1) is 0 Å². The Hall–Kier alpha value is -1.73. The lowest BCUT2D eigenvalue weighted by atomic mass is 10.1. The van der Waals surface area contributed by atoms with Crippen LogP contribution in [0.4, 0.5) is 0 Å². The van der Waals surface area contributed by atoms with Crippen LogP contribution >= 0.6 is 0 Å². The first kappa shape index (κ1) is 15.3. The maximum absolute atomic E-state index is 9.32. The molecule has 1 atom stereocenters. The first-order valence-corrected chi connectivity index (χ1v) is 6.47. The quantitative estimate of drug-likeness (QED) is 0.821. The second kappa shape index (κ2) is 7.65. The summed E-state index contributed by atoms with van der Waals surface area (Å²) in [6, 6.07) is 7.37. The zero-order valence-electron chi connectivity index (χ0n) is 12.1. The maximum Gasteiger partial charge on any atom is 0.125 e. The van der Waals surface area contributed by atoms with Crippen LogP contribution in [-0.2, 0) is 0 Å². The molecule has 0 aliphatic carbocycles. The summed E-state index contributed by atoms with van der Waals surface area (Å²) in [4.78, 5) is 0. The molecule has 4 nitrogen and oxygen atoms in total. The molecule has 1 aromatic rings. The lowest BCUT2D eigenvalue weighted by Gasteiger charge is -2.16. The van der Waals surface area contributed by atoms with E-state index in [2.05, 4.69) is 25.2 Å². The van der Waals surface area contributed by atoms with Gasteiger partial charge in [0.2, 0.25) is 0 Å². The van der Waals surface area contributed by atoms with Crippen molar-refractivity contribution in [2.75, 3.05) is 20.8 Å². The van der Waals surface area contributed by atoms with Crippen molar-refractivity contribution in [3.05, 3.63) is 23.8 Å². The summed E-state index contributed by atoms with van der Waals surface area (Å²) in [6.07, 6.45) is 1.03. The molecule has 0 fully saturated rings. The summed E-state index contributed by atoms with van der Waals surface area (Å²) in [6.45, 7) is 5.13. The molecule has 0 heterocycles. The van der Waals surface area contributed by atoms with Gasteiger partial charge in [-0.3, -0.25) is 5.32 Å². The highest BCUT2D eigenvalue weighted by Crippen LogP contribution is 2.29. The van der Waals surface area contributed by atoms with E-state index in [0.717, 1.165) is 24.3 Å². The standard InChI is InChI=1S/C15H22N2O2/c1-11(2)7-8-17-14(10-16)13-9-12(18-3)5-6-15(13)19-4/h5-6,9,11,14,17H,7-8H2,1-4H3. The van der Waals surface area contributed by atoms with E-state index in [0.29, 0.717) is 11.7 Å². The molecule has 104 valence electrons. The Balaban J connectivity index is 2.87. The van der Waals surface area contributed by atoms with E-state index in [1.165, 1.54) is 0 Å². The normalized spacial score (nSPS) is 12.0. The van der Waals surface area contributed by atoms with Crippen LogP contribution in [0.1, 0.15) is 31.9 Å². The average molecular weight is 262 g/mol. The van der Waals surface area contributed by atoms with Gasteiger partial charge in [-0.2, -0.15) is 5.26 Å². The maximum atomic E-state index is 9.32. The number of rotatable bonds is 7. The fraction of sp³-hybridized carbons (Fsp3) is 0.533. The Morgan fingerprint density at radius 2 is 2.00 bits per heavy atom. The van der Waals surface area contributed by atoms with Crippen LogP contribution in [0.5, 0.6) is 11.5 Å². The number of methoxy groups -OCH3 is 2. The zero-order chi connectivity index (χ0) is 14.3. The van der Waals surface area contributed by atoms with Crippen LogP contribution in [0, 0.1) is 17.2 Å². The number of nitrogens with zero attached hydrogens (tertiary/aromatic N) is 1. The van der Waals surface area contributed by atoms with Crippen LogP contribution in [0.15, 0.2) is 18.2 Å². The summed E-state index contributed by atoms with van der Waals surface area (Å²) < 4.78 is 10.5. The van der Waals surface area contributed by atoms with Gasteiger partial charge < -0.3 is 9.47 Å². The van der Waals surface area contributed by atoms with Crippen molar-refractivity contribution in [1.29, 1.82) is 5.26 Å². The van der Waals surface area contributed by atoms with Gasteiger partial charge in [0, 0.05) is 5.56 Å². The van der Waals surface area contributed by atoms with Crippen molar-refractivity contribution in [3.63, 3.8) is 0 Å². The second-order valence-electron chi connectivity index (χ2n) is 4.81. The number of benzene rings is 1. The first-order valence-electron chi connectivity index (χ1n) is 6.47. The molecule has 0 radical (unpaired) electrons. The lowest BCUT2D eigenvalue weighted by Crippen LogP contribution is -2.22. The van der Waals surface area contributed by atoms with Gasteiger partial charge in [-0.25, -0.2) is 0 Å². The number of nitrogens with one attached hydrogen (secondary N) is 1. The van der Waals surface area contributed by atoms with Crippen LogP contribution in [0.25, 0.3) is 0 Å².